The lowest BCUT2D eigenvalue weighted by molar-refractivity contribution is -0.283. The number of rotatable bonds is 14. The predicted octanol–water partition coefficient (Wildman–Crippen LogP) is 4.32. The van der Waals surface area contributed by atoms with Crippen molar-refractivity contribution >= 4 is 30.2 Å². The van der Waals surface area contributed by atoms with E-state index in [9.17, 15) is 47.3 Å². The summed E-state index contributed by atoms with van der Waals surface area (Å²) in [5, 5.41) is 31.6. The van der Waals surface area contributed by atoms with E-state index in [1.54, 1.807) is 0 Å². The zero-order chi connectivity index (χ0) is 40.8. The molecule has 0 amide bonds. The molecule has 18 heteroatoms. The van der Waals surface area contributed by atoms with E-state index < -0.39 is 85.0 Å². The number of aliphatic hydroxyl groups is 3. The summed E-state index contributed by atoms with van der Waals surface area (Å²) < 4.78 is 80.0. The van der Waals surface area contributed by atoms with Crippen LogP contribution in [0, 0.1) is 52.3 Å². The highest BCUT2D eigenvalue weighted by atomic mass is 32.3. The van der Waals surface area contributed by atoms with Gasteiger partial charge in [-0.3, -0.25) is 23.2 Å². The van der Waals surface area contributed by atoms with E-state index in [2.05, 4.69) is 34.6 Å². The molecule has 1 unspecified atom stereocenters. The van der Waals surface area contributed by atoms with Crippen molar-refractivity contribution in [3.05, 3.63) is 0 Å². The van der Waals surface area contributed by atoms with Crippen molar-refractivity contribution in [1.82, 2.24) is 0 Å². The van der Waals surface area contributed by atoms with Gasteiger partial charge in [-0.15, -0.1) is 0 Å². The van der Waals surface area contributed by atoms with Gasteiger partial charge >= 0.3 is 30.2 Å². The summed E-state index contributed by atoms with van der Waals surface area (Å²) in [7, 11) is -9.97. The number of fused-ring (bicyclic) bond motifs is 5. The highest BCUT2D eigenvalue weighted by Crippen LogP contribution is 2.70. The molecule has 0 bridgehead atoms. The zero-order valence-electron chi connectivity index (χ0n) is 33.0. The molecule has 5 fully saturated rings. The molecule has 4 aliphatic carbocycles. The summed E-state index contributed by atoms with van der Waals surface area (Å²) in [4.78, 5) is 35.2. The van der Waals surface area contributed by atoms with E-state index in [1.807, 2.05) is 0 Å². The van der Waals surface area contributed by atoms with Gasteiger partial charge in [0.2, 0.25) is 0 Å². The molecule has 1 saturated heterocycles. The molecule has 4 saturated carbocycles. The topological polar surface area (TPSA) is 242 Å². The van der Waals surface area contributed by atoms with Crippen molar-refractivity contribution in [2.24, 2.45) is 52.3 Å². The molecule has 0 aromatic rings. The van der Waals surface area contributed by atoms with Crippen molar-refractivity contribution in [3.63, 3.8) is 0 Å². The number of phosphoric ester groups is 1. The van der Waals surface area contributed by atoms with E-state index in [-0.39, 0.29) is 59.9 Å². The van der Waals surface area contributed by atoms with Crippen molar-refractivity contribution in [2.45, 2.75) is 162 Å². The first-order chi connectivity index (χ1) is 25.5. The van der Waals surface area contributed by atoms with Gasteiger partial charge in [-0.25, -0.2) is 8.75 Å². The van der Waals surface area contributed by atoms with Crippen LogP contribution in [0.1, 0.15) is 113 Å². The molecular formula is C37H63O16PS. The minimum Gasteiger partial charge on any atom is -0.463 e. The third-order valence-corrected chi connectivity index (χ3v) is 15.5. The molecule has 5 N–H and O–H groups in total. The van der Waals surface area contributed by atoms with Crippen LogP contribution in [-0.4, -0.2) is 101 Å². The number of ether oxygens (including phenoxy) is 3. The molecule has 16 nitrogen and oxygen atoms in total. The second kappa shape index (κ2) is 17.2. The fourth-order valence-electron chi connectivity index (χ4n) is 11.7. The Balaban J connectivity index is 1.45. The minimum absolute atomic E-state index is 0.0448. The molecule has 1 heterocycles. The predicted molar refractivity (Wildman–Crippen MR) is 195 cm³/mol. The average Bonchev–Trinajstić information content (AvgIpc) is 3.35. The van der Waals surface area contributed by atoms with E-state index in [0.717, 1.165) is 39.0 Å². The van der Waals surface area contributed by atoms with Gasteiger partial charge in [0.25, 0.3) is 0 Å². The van der Waals surface area contributed by atoms with Gasteiger partial charge in [0, 0.05) is 19.8 Å². The number of hydrogen-bond donors (Lipinski definition) is 5. The Hall–Kier alpha value is -1.24. The maximum atomic E-state index is 13.9. The Labute approximate surface area is 324 Å². The number of carbonyl (C=O) groups is 2. The summed E-state index contributed by atoms with van der Waals surface area (Å²) in [6.45, 7) is 13.0. The lowest BCUT2D eigenvalue weighted by Gasteiger charge is -2.62. The summed E-state index contributed by atoms with van der Waals surface area (Å²) >= 11 is 0. The quantitative estimate of drug-likeness (QED) is 0.0931. The highest BCUT2D eigenvalue weighted by molar-refractivity contribution is 7.80. The molecule has 5 rings (SSSR count). The first kappa shape index (κ1) is 44.9. The summed E-state index contributed by atoms with van der Waals surface area (Å²) in [6, 6.07) is 0. The van der Waals surface area contributed by atoms with Crippen LogP contribution < -0.4 is 0 Å². The van der Waals surface area contributed by atoms with Gasteiger partial charge in [0.05, 0.1) is 12.2 Å². The average molecular weight is 827 g/mol. The van der Waals surface area contributed by atoms with Gasteiger partial charge in [0.1, 0.15) is 37.1 Å². The lowest BCUT2D eigenvalue weighted by Crippen LogP contribution is -2.59. The van der Waals surface area contributed by atoms with E-state index in [4.69, 9.17) is 27.4 Å². The fraction of sp³-hybridized carbons (Fsp3) is 0.946. The Bertz CT molecular complexity index is 1530. The molecule has 1 aliphatic heterocycles. The van der Waals surface area contributed by atoms with Gasteiger partial charge in [-0.05, 0) is 91.3 Å². The summed E-state index contributed by atoms with van der Waals surface area (Å²) in [5.41, 5.74) is -0.743. The second-order valence-corrected chi connectivity index (χ2v) is 20.3. The third kappa shape index (κ3) is 9.97. The number of phosphoric acid groups is 1. The summed E-state index contributed by atoms with van der Waals surface area (Å²) in [6.07, 6.45) is -4.51. The van der Waals surface area contributed by atoms with Gasteiger partial charge < -0.3 is 34.4 Å². The highest BCUT2D eigenvalue weighted by Gasteiger charge is 2.66. The Morgan fingerprint density at radius 3 is 2.15 bits per heavy atom. The molecule has 0 aromatic heterocycles. The van der Waals surface area contributed by atoms with Crippen LogP contribution in [0.4, 0.5) is 0 Å². The van der Waals surface area contributed by atoms with Crippen LogP contribution in [0.5, 0.6) is 0 Å². The molecule has 0 radical (unpaired) electrons. The first-order valence-corrected chi connectivity index (χ1v) is 22.7. The third-order valence-electron chi connectivity index (χ3n) is 13.9. The number of aliphatic hydroxyl groups excluding tert-OH is 3. The summed E-state index contributed by atoms with van der Waals surface area (Å²) in [5.74, 6) is -0.512. The standard InChI is InChI=1S/C37H63O16PS/c1-19(2)9-8-10-20(3)31-29(49-22(5)39)17-26-24-16-28(51-54(43,44)52-35-34(42)33(41)32(40)30(50-35)18-48-21(4)38)27-15-23(53-55(45,46)47)11-13-36(27,6)25(24)12-14-37(26,31)7/h19-20,23-35,40-42H,8-18H2,1-7H3,(H,43,44)(H,45,46,47)/t20-,23+,24-,25+,26+,27-,28+,29+,30-,31+,32-,33+,34-,35+,36-,37+/m1/s1. The normalized spacial score (nSPS) is 43.4. The van der Waals surface area contributed by atoms with E-state index in [1.165, 1.54) is 6.92 Å². The van der Waals surface area contributed by atoms with Gasteiger partial charge in [0.15, 0.2) is 6.29 Å². The molecule has 55 heavy (non-hydrogen) atoms. The van der Waals surface area contributed by atoms with Crippen molar-refractivity contribution < 1.29 is 74.8 Å². The van der Waals surface area contributed by atoms with Crippen LogP contribution in [0.3, 0.4) is 0 Å². The van der Waals surface area contributed by atoms with Crippen LogP contribution in [-0.2, 0) is 52.0 Å². The first-order valence-electron chi connectivity index (χ1n) is 19.8. The lowest BCUT2D eigenvalue weighted by atomic mass is 9.43. The number of esters is 2. The molecule has 0 aromatic carbocycles. The van der Waals surface area contributed by atoms with E-state index in [0.29, 0.717) is 25.2 Å². The molecule has 5 aliphatic rings. The largest absolute Gasteiger partial charge is 0.474 e. The van der Waals surface area contributed by atoms with E-state index >= 15 is 0 Å². The van der Waals surface area contributed by atoms with Crippen LogP contribution in [0.2, 0.25) is 0 Å². The van der Waals surface area contributed by atoms with Crippen LogP contribution >= 0.6 is 7.82 Å². The molecule has 17 atom stereocenters. The zero-order valence-corrected chi connectivity index (χ0v) is 34.7. The Morgan fingerprint density at radius 1 is 0.855 bits per heavy atom. The van der Waals surface area contributed by atoms with Gasteiger partial charge in [-0.2, -0.15) is 8.42 Å². The number of carbonyl (C=O) groups excluding carboxylic acids is 2. The van der Waals surface area contributed by atoms with Crippen molar-refractivity contribution in [1.29, 1.82) is 0 Å². The van der Waals surface area contributed by atoms with Crippen molar-refractivity contribution in [3.8, 4) is 0 Å². The Kier molecular flexibility index (Phi) is 14.0. The SMILES string of the molecule is CC(=O)OC[C@H]1O[C@@H](OP(=O)(O)O[C@H]2C[C@@H]3[C@H](CC[C@]4(C)[C@@H]([C@H](C)CCCC(C)C)[C@@H](OC(C)=O)C[C@@H]34)[C@@]3(C)CC[C@H](OS(=O)(=O)O)C[C@H]23)[C@H](O)[C@@H](O)[C@@H]1O. The molecular weight excluding hydrogens is 763 g/mol. The monoisotopic (exact) mass is 826 g/mol. The molecule has 0 spiro atoms. The number of hydrogen-bond acceptors (Lipinski definition) is 14. The minimum atomic E-state index is -5.17. The van der Waals surface area contributed by atoms with Crippen LogP contribution in [0.15, 0.2) is 0 Å². The van der Waals surface area contributed by atoms with Crippen LogP contribution in [0.25, 0.3) is 0 Å². The van der Waals surface area contributed by atoms with Crippen molar-refractivity contribution in [2.75, 3.05) is 6.61 Å². The maximum Gasteiger partial charge on any atom is 0.474 e. The maximum absolute atomic E-state index is 13.9. The second-order valence-electron chi connectivity index (χ2n) is 17.9. The molecule has 318 valence electrons. The smallest absolute Gasteiger partial charge is 0.463 e. The van der Waals surface area contributed by atoms with Gasteiger partial charge in [-0.1, -0.05) is 53.9 Å². The Morgan fingerprint density at radius 2 is 1.53 bits per heavy atom. The fourth-order valence-corrected chi connectivity index (χ4v) is 13.3.